The SMILES string of the molecule is CC1CCCN(S(=O)(=O)c2cc(C(=O)NNC(=O)c3ccccc3)ccc2Cl)C1. The largest absolute Gasteiger partial charge is 0.269 e. The standard InChI is InChI=1S/C20H22ClN3O4S/c1-14-6-5-11-24(13-14)29(27,28)18-12-16(9-10-17(18)21)20(26)23-22-19(25)15-7-3-2-4-8-15/h2-4,7-10,12,14H,5-6,11,13H2,1H3,(H,22,25)(H,23,26). The van der Waals surface area contributed by atoms with Gasteiger partial charge in [0.15, 0.2) is 0 Å². The van der Waals surface area contributed by atoms with Crippen LogP contribution in [0.25, 0.3) is 0 Å². The van der Waals surface area contributed by atoms with Crippen LogP contribution in [0.2, 0.25) is 5.02 Å². The number of rotatable bonds is 4. The molecule has 1 saturated heterocycles. The summed E-state index contributed by atoms with van der Waals surface area (Å²) in [5.41, 5.74) is 5.06. The van der Waals surface area contributed by atoms with Gasteiger partial charge < -0.3 is 0 Å². The first-order valence-electron chi connectivity index (χ1n) is 9.24. The lowest BCUT2D eigenvalue weighted by molar-refractivity contribution is 0.0846. The Bertz CT molecular complexity index is 1010. The van der Waals surface area contributed by atoms with Crippen LogP contribution in [0.5, 0.6) is 0 Å². The molecular formula is C20H22ClN3O4S. The molecule has 1 fully saturated rings. The molecule has 29 heavy (non-hydrogen) atoms. The molecule has 154 valence electrons. The molecule has 0 bridgehead atoms. The molecule has 2 aromatic carbocycles. The van der Waals surface area contributed by atoms with E-state index in [0.717, 1.165) is 12.8 Å². The van der Waals surface area contributed by atoms with E-state index in [-0.39, 0.29) is 21.4 Å². The van der Waals surface area contributed by atoms with Crippen LogP contribution in [0.1, 0.15) is 40.5 Å². The summed E-state index contributed by atoms with van der Waals surface area (Å²) in [6, 6.07) is 12.4. The molecule has 2 amide bonds. The molecule has 2 aromatic rings. The molecule has 0 saturated carbocycles. The molecule has 0 spiro atoms. The van der Waals surface area contributed by atoms with Crippen LogP contribution < -0.4 is 10.9 Å². The second-order valence-electron chi connectivity index (χ2n) is 7.03. The number of amides is 2. The average Bonchev–Trinajstić information content (AvgIpc) is 2.72. The number of benzene rings is 2. The van der Waals surface area contributed by atoms with Crippen LogP contribution in [0.3, 0.4) is 0 Å². The van der Waals surface area contributed by atoms with Gasteiger partial charge in [-0.05, 0) is 49.1 Å². The first-order valence-corrected chi connectivity index (χ1v) is 11.1. The fourth-order valence-electron chi connectivity index (χ4n) is 3.19. The van der Waals surface area contributed by atoms with Crippen LogP contribution in [0.15, 0.2) is 53.4 Å². The number of halogens is 1. The van der Waals surface area contributed by atoms with Gasteiger partial charge in [0.05, 0.1) is 5.02 Å². The highest BCUT2D eigenvalue weighted by molar-refractivity contribution is 7.89. The van der Waals surface area contributed by atoms with E-state index in [1.807, 2.05) is 6.92 Å². The summed E-state index contributed by atoms with van der Waals surface area (Å²) in [6.45, 7) is 2.84. The Balaban J connectivity index is 1.76. The van der Waals surface area contributed by atoms with Gasteiger partial charge in [-0.25, -0.2) is 8.42 Å². The van der Waals surface area contributed by atoms with Gasteiger partial charge in [0.2, 0.25) is 10.0 Å². The minimum Gasteiger partial charge on any atom is -0.267 e. The molecular weight excluding hydrogens is 414 g/mol. The second-order valence-corrected chi connectivity index (χ2v) is 9.34. The number of hydrazine groups is 1. The maximum atomic E-state index is 13.0. The molecule has 0 aliphatic carbocycles. The van der Waals surface area contributed by atoms with Crippen LogP contribution in [0.4, 0.5) is 0 Å². The molecule has 1 aliphatic heterocycles. The van der Waals surface area contributed by atoms with Crippen molar-refractivity contribution in [3.63, 3.8) is 0 Å². The minimum atomic E-state index is -3.82. The minimum absolute atomic E-state index is 0.0492. The number of hydrogen-bond donors (Lipinski definition) is 2. The van der Waals surface area contributed by atoms with Crippen LogP contribution >= 0.6 is 11.6 Å². The number of carbonyl (C=O) groups is 2. The predicted octanol–water partition coefficient (Wildman–Crippen LogP) is 2.84. The summed E-state index contributed by atoms with van der Waals surface area (Å²) in [5, 5.41) is 0.0492. The van der Waals surface area contributed by atoms with Gasteiger partial charge in [0.1, 0.15) is 4.90 Å². The lowest BCUT2D eigenvalue weighted by Gasteiger charge is -2.30. The van der Waals surface area contributed by atoms with E-state index in [1.54, 1.807) is 30.3 Å². The molecule has 7 nitrogen and oxygen atoms in total. The third-order valence-corrected chi connectivity index (χ3v) is 7.10. The Labute approximate surface area is 175 Å². The second kappa shape index (κ2) is 8.94. The van der Waals surface area contributed by atoms with E-state index in [4.69, 9.17) is 11.6 Å². The lowest BCUT2D eigenvalue weighted by atomic mass is 10.0. The third-order valence-electron chi connectivity index (χ3n) is 4.76. The van der Waals surface area contributed by atoms with Gasteiger partial charge in [-0.2, -0.15) is 4.31 Å². The van der Waals surface area contributed by atoms with Gasteiger partial charge in [-0.1, -0.05) is 36.7 Å². The summed E-state index contributed by atoms with van der Waals surface area (Å²) in [6.07, 6.45) is 1.76. The van der Waals surface area contributed by atoms with Gasteiger partial charge >= 0.3 is 0 Å². The Morgan fingerprint density at radius 3 is 2.34 bits per heavy atom. The van der Waals surface area contributed by atoms with Crippen molar-refractivity contribution in [2.24, 2.45) is 5.92 Å². The third kappa shape index (κ3) is 4.95. The molecule has 0 radical (unpaired) electrons. The normalized spacial score (nSPS) is 17.5. The van der Waals surface area contributed by atoms with E-state index in [9.17, 15) is 18.0 Å². The first kappa shape index (κ1) is 21.3. The summed E-state index contributed by atoms with van der Waals surface area (Å²) < 4.78 is 27.4. The molecule has 2 N–H and O–H groups in total. The lowest BCUT2D eigenvalue weighted by Crippen LogP contribution is -2.42. The van der Waals surface area contributed by atoms with Crippen LogP contribution in [0, 0.1) is 5.92 Å². The topological polar surface area (TPSA) is 95.6 Å². The Morgan fingerprint density at radius 1 is 1.03 bits per heavy atom. The monoisotopic (exact) mass is 435 g/mol. The summed E-state index contributed by atoms with van der Waals surface area (Å²) >= 11 is 6.14. The van der Waals surface area contributed by atoms with E-state index >= 15 is 0 Å². The Hall–Kier alpha value is -2.42. The predicted molar refractivity (Wildman–Crippen MR) is 110 cm³/mol. The summed E-state index contributed by atoms with van der Waals surface area (Å²) in [4.78, 5) is 24.4. The number of piperidine rings is 1. The highest BCUT2D eigenvalue weighted by atomic mass is 35.5. The van der Waals surface area contributed by atoms with E-state index < -0.39 is 21.8 Å². The number of nitrogens with one attached hydrogen (secondary N) is 2. The van der Waals surface area contributed by atoms with E-state index in [1.165, 1.54) is 22.5 Å². The van der Waals surface area contributed by atoms with Crippen molar-refractivity contribution >= 4 is 33.4 Å². The molecule has 1 aliphatic rings. The summed E-state index contributed by atoms with van der Waals surface area (Å²) in [5.74, 6) is -0.866. The molecule has 9 heteroatoms. The van der Waals surface area contributed by atoms with Crippen LogP contribution in [-0.4, -0.2) is 37.6 Å². The quantitative estimate of drug-likeness (QED) is 0.722. The van der Waals surface area contributed by atoms with Crippen LogP contribution in [-0.2, 0) is 10.0 Å². The van der Waals surface area contributed by atoms with E-state index in [0.29, 0.717) is 18.7 Å². The first-order chi connectivity index (χ1) is 13.8. The molecule has 3 rings (SSSR count). The van der Waals surface area contributed by atoms with E-state index in [2.05, 4.69) is 10.9 Å². The fourth-order valence-corrected chi connectivity index (χ4v) is 5.29. The smallest absolute Gasteiger partial charge is 0.267 e. The molecule has 0 aromatic heterocycles. The number of nitrogens with zero attached hydrogens (tertiary/aromatic N) is 1. The summed E-state index contributed by atoms with van der Waals surface area (Å²) in [7, 11) is -3.82. The van der Waals surface area contributed by atoms with Crippen molar-refractivity contribution in [2.45, 2.75) is 24.7 Å². The molecule has 1 atom stereocenters. The van der Waals surface area contributed by atoms with Gasteiger partial charge in [0.25, 0.3) is 11.8 Å². The number of carbonyl (C=O) groups excluding carboxylic acids is 2. The Kier molecular flexibility index (Phi) is 6.56. The zero-order chi connectivity index (χ0) is 21.0. The molecule has 1 unspecified atom stereocenters. The average molecular weight is 436 g/mol. The van der Waals surface area contributed by atoms with Gasteiger partial charge in [0, 0.05) is 24.2 Å². The zero-order valence-electron chi connectivity index (χ0n) is 15.9. The van der Waals surface area contributed by atoms with Crippen molar-refractivity contribution in [1.82, 2.24) is 15.2 Å². The van der Waals surface area contributed by atoms with Gasteiger partial charge in [-0.3, -0.25) is 20.4 Å². The van der Waals surface area contributed by atoms with Crippen molar-refractivity contribution < 1.29 is 18.0 Å². The maximum absolute atomic E-state index is 13.0. The molecule has 1 heterocycles. The van der Waals surface area contributed by atoms with Gasteiger partial charge in [-0.15, -0.1) is 0 Å². The van der Waals surface area contributed by atoms with Crippen molar-refractivity contribution in [3.8, 4) is 0 Å². The Morgan fingerprint density at radius 2 is 1.69 bits per heavy atom. The maximum Gasteiger partial charge on any atom is 0.269 e. The van der Waals surface area contributed by atoms with Crippen molar-refractivity contribution in [2.75, 3.05) is 13.1 Å². The zero-order valence-corrected chi connectivity index (χ0v) is 17.5. The fraction of sp³-hybridized carbons (Fsp3) is 0.300. The highest BCUT2D eigenvalue weighted by Gasteiger charge is 2.31. The number of sulfonamides is 1. The highest BCUT2D eigenvalue weighted by Crippen LogP contribution is 2.29. The van der Waals surface area contributed by atoms with Crippen molar-refractivity contribution in [3.05, 3.63) is 64.7 Å². The van der Waals surface area contributed by atoms with Crippen molar-refractivity contribution in [1.29, 1.82) is 0 Å². The number of hydrogen-bond acceptors (Lipinski definition) is 4.